The number of amides is 1. The van der Waals surface area contributed by atoms with E-state index in [0.29, 0.717) is 13.0 Å². The van der Waals surface area contributed by atoms with E-state index in [0.717, 1.165) is 24.2 Å². The minimum Gasteiger partial charge on any atom is -0.497 e. The molecule has 0 aliphatic carbocycles. The second-order valence-corrected chi connectivity index (χ2v) is 5.69. The molecule has 1 amide bonds. The van der Waals surface area contributed by atoms with Gasteiger partial charge in [-0.2, -0.15) is 0 Å². The van der Waals surface area contributed by atoms with Crippen LogP contribution in [0.1, 0.15) is 31.7 Å². The van der Waals surface area contributed by atoms with Gasteiger partial charge in [0.05, 0.1) is 13.7 Å². The number of nitrogens with zero attached hydrogens (tertiary/aromatic N) is 1. The lowest BCUT2D eigenvalue weighted by Gasteiger charge is -2.34. The molecule has 0 bridgehead atoms. The first-order valence-corrected chi connectivity index (χ1v) is 7.80. The first kappa shape index (κ1) is 17.3. The first-order valence-electron chi connectivity index (χ1n) is 7.80. The fourth-order valence-electron chi connectivity index (χ4n) is 2.74. The second-order valence-electron chi connectivity index (χ2n) is 5.69. The third-order valence-corrected chi connectivity index (χ3v) is 4.05. The number of carboxylic acids is 1. The fraction of sp³-hybridized carbons (Fsp3) is 0.529. The first-order chi connectivity index (χ1) is 11.0. The van der Waals surface area contributed by atoms with Gasteiger partial charge < -0.3 is 19.5 Å². The predicted octanol–water partition coefficient (Wildman–Crippen LogP) is 2.07. The molecule has 126 valence electrons. The largest absolute Gasteiger partial charge is 0.497 e. The summed E-state index contributed by atoms with van der Waals surface area (Å²) in [5, 5.41) is 9.26. The standard InChI is InChI=1S/C17H23NO5/c1-12(23-11-13-6-5-7-14(10-13)22-2)16(19)18-9-4-3-8-15(18)17(20)21/h5-7,10,12,15H,3-4,8-9,11H2,1-2H3,(H,20,21). The fourth-order valence-corrected chi connectivity index (χ4v) is 2.74. The molecular formula is C17H23NO5. The lowest BCUT2D eigenvalue weighted by molar-refractivity contribution is -0.157. The summed E-state index contributed by atoms with van der Waals surface area (Å²) in [5.74, 6) is -0.481. The molecule has 0 saturated carbocycles. The average molecular weight is 321 g/mol. The van der Waals surface area contributed by atoms with E-state index in [4.69, 9.17) is 9.47 Å². The van der Waals surface area contributed by atoms with Crippen molar-refractivity contribution < 1.29 is 24.2 Å². The van der Waals surface area contributed by atoms with Gasteiger partial charge >= 0.3 is 5.97 Å². The zero-order valence-electron chi connectivity index (χ0n) is 13.5. The van der Waals surface area contributed by atoms with Crippen molar-refractivity contribution in [3.8, 4) is 5.75 Å². The highest BCUT2D eigenvalue weighted by molar-refractivity contribution is 5.86. The number of hydrogen-bond acceptors (Lipinski definition) is 4. The highest BCUT2D eigenvalue weighted by Gasteiger charge is 2.34. The molecule has 0 radical (unpaired) electrons. The van der Waals surface area contributed by atoms with Gasteiger partial charge in [-0.15, -0.1) is 0 Å². The molecule has 2 rings (SSSR count). The number of benzene rings is 1. The Balaban J connectivity index is 1.94. The van der Waals surface area contributed by atoms with Crippen molar-refractivity contribution in [1.82, 2.24) is 4.90 Å². The molecule has 0 aromatic heterocycles. The zero-order valence-corrected chi connectivity index (χ0v) is 13.5. The van der Waals surface area contributed by atoms with Crippen molar-refractivity contribution in [3.63, 3.8) is 0 Å². The van der Waals surface area contributed by atoms with Gasteiger partial charge in [-0.3, -0.25) is 4.79 Å². The van der Waals surface area contributed by atoms with Crippen molar-refractivity contribution in [2.45, 2.75) is 44.9 Å². The Labute approximate surface area is 136 Å². The SMILES string of the molecule is COc1cccc(COC(C)C(=O)N2CCCCC2C(=O)O)c1. The lowest BCUT2D eigenvalue weighted by Crippen LogP contribution is -2.51. The summed E-state index contributed by atoms with van der Waals surface area (Å²) < 4.78 is 10.8. The van der Waals surface area contributed by atoms with Crippen LogP contribution in [0.4, 0.5) is 0 Å². The summed E-state index contributed by atoms with van der Waals surface area (Å²) in [6, 6.07) is 6.69. The van der Waals surface area contributed by atoms with Gasteiger partial charge in [0.2, 0.25) is 0 Å². The van der Waals surface area contributed by atoms with Crippen molar-refractivity contribution in [1.29, 1.82) is 0 Å². The van der Waals surface area contributed by atoms with Gasteiger partial charge in [0.1, 0.15) is 17.9 Å². The van der Waals surface area contributed by atoms with Crippen LogP contribution in [0.2, 0.25) is 0 Å². The summed E-state index contributed by atoms with van der Waals surface area (Å²) in [5.41, 5.74) is 0.900. The molecule has 1 N–H and O–H groups in total. The molecule has 1 saturated heterocycles. The van der Waals surface area contributed by atoms with Crippen LogP contribution in [-0.4, -0.2) is 47.7 Å². The number of methoxy groups -OCH3 is 1. The molecule has 1 heterocycles. The Morgan fingerprint density at radius 3 is 2.87 bits per heavy atom. The van der Waals surface area contributed by atoms with Crippen LogP contribution < -0.4 is 4.74 Å². The van der Waals surface area contributed by atoms with Gasteiger partial charge in [0, 0.05) is 6.54 Å². The molecule has 23 heavy (non-hydrogen) atoms. The maximum absolute atomic E-state index is 12.5. The maximum Gasteiger partial charge on any atom is 0.326 e. The summed E-state index contributed by atoms with van der Waals surface area (Å²) in [4.78, 5) is 25.2. The molecule has 1 fully saturated rings. The highest BCUT2D eigenvalue weighted by atomic mass is 16.5. The van der Waals surface area contributed by atoms with Gasteiger partial charge in [-0.25, -0.2) is 4.79 Å². The van der Waals surface area contributed by atoms with E-state index in [9.17, 15) is 14.7 Å². The third kappa shape index (κ3) is 4.45. The molecule has 1 aromatic rings. The number of carbonyl (C=O) groups is 2. The summed E-state index contributed by atoms with van der Waals surface area (Å²) in [6.45, 7) is 2.41. The van der Waals surface area contributed by atoms with Crippen LogP contribution >= 0.6 is 0 Å². The molecule has 2 atom stereocenters. The zero-order chi connectivity index (χ0) is 16.8. The van der Waals surface area contributed by atoms with Gasteiger partial charge in [0.25, 0.3) is 5.91 Å². The van der Waals surface area contributed by atoms with Gasteiger partial charge in [-0.05, 0) is 43.9 Å². The molecule has 0 spiro atoms. The molecule has 1 aliphatic rings. The number of aliphatic carboxylic acids is 1. The molecule has 1 aliphatic heterocycles. The smallest absolute Gasteiger partial charge is 0.326 e. The van der Waals surface area contributed by atoms with Gasteiger partial charge in [-0.1, -0.05) is 12.1 Å². The average Bonchev–Trinajstić information content (AvgIpc) is 2.59. The van der Waals surface area contributed by atoms with E-state index in [2.05, 4.69) is 0 Å². The number of rotatable bonds is 6. The summed E-state index contributed by atoms with van der Waals surface area (Å²) in [7, 11) is 1.59. The van der Waals surface area contributed by atoms with Crippen LogP contribution in [0, 0.1) is 0 Å². The predicted molar refractivity (Wildman–Crippen MR) is 84.2 cm³/mol. The lowest BCUT2D eigenvalue weighted by atomic mass is 10.0. The van der Waals surface area contributed by atoms with E-state index >= 15 is 0 Å². The van der Waals surface area contributed by atoms with E-state index in [1.54, 1.807) is 14.0 Å². The second kappa shape index (κ2) is 7.97. The number of carbonyl (C=O) groups excluding carboxylic acids is 1. The van der Waals surface area contributed by atoms with Crippen LogP contribution in [0.5, 0.6) is 5.75 Å². The maximum atomic E-state index is 12.5. The Morgan fingerprint density at radius 2 is 2.17 bits per heavy atom. The van der Waals surface area contributed by atoms with E-state index in [1.165, 1.54) is 4.90 Å². The number of likely N-dealkylation sites (tertiary alicyclic amines) is 1. The van der Waals surface area contributed by atoms with E-state index in [-0.39, 0.29) is 12.5 Å². The van der Waals surface area contributed by atoms with Crippen molar-refractivity contribution in [3.05, 3.63) is 29.8 Å². The van der Waals surface area contributed by atoms with Crippen LogP contribution in [0.15, 0.2) is 24.3 Å². The quantitative estimate of drug-likeness (QED) is 0.868. The molecule has 6 nitrogen and oxygen atoms in total. The summed E-state index contributed by atoms with van der Waals surface area (Å²) in [6.07, 6.45) is 1.49. The highest BCUT2D eigenvalue weighted by Crippen LogP contribution is 2.20. The number of ether oxygens (including phenoxy) is 2. The molecule has 2 unspecified atom stereocenters. The van der Waals surface area contributed by atoms with Gasteiger partial charge in [0.15, 0.2) is 0 Å². The number of piperidine rings is 1. The number of hydrogen-bond donors (Lipinski definition) is 1. The Hall–Kier alpha value is -2.08. The van der Waals surface area contributed by atoms with E-state index < -0.39 is 18.1 Å². The number of carboxylic acid groups (broad SMARTS) is 1. The van der Waals surface area contributed by atoms with Crippen LogP contribution in [-0.2, 0) is 20.9 Å². The van der Waals surface area contributed by atoms with Crippen molar-refractivity contribution >= 4 is 11.9 Å². The monoisotopic (exact) mass is 321 g/mol. The van der Waals surface area contributed by atoms with Crippen LogP contribution in [0.25, 0.3) is 0 Å². The topological polar surface area (TPSA) is 76.1 Å². The Kier molecular flexibility index (Phi) is 5.98. The Bertz CT molecular complexity index is 560. The van der Waals surface area contributed by atoms with Crippen molar-refractivity contribution in [2.24, 2.45) is 0 Å². The minimum absolute atomic E-state index is 0.264. The third-order valence-electron chi connectivity index (χ3n) is 4.05. The molecular weight excluding hydrogens is 298 g/mol. The van der Waals surface area contributed by atoms with Crippen molar-refractivity contribution in [2.75, 3.05) is 13.7 Å². The molecule has 1 aromatic carbocycles. The Morgan fingerprint density at radius 1 is 1.39 bits per heavy atom. The van der Waals surface area contributed by atoms with Crippen LogP contribution in [0.3, 0.4) is 0 Å². The molecule has 6 heteroatoms. The van der Waals surface area contributed by atoms with E-state index in [1.807, 2.05) is 24.3 Å². The normalized spacial score (nSPS) is 19.2. The summed E-state index contributed by atoms with van der Waals surface area (Å²) >= 11 is 0. The minimum atomic E-state index is -0.946.